The molecule has 108 valence electrons. The molecule has 0 aliphatic rings. The van der Waals surface area contributed by atoms with Crippen molar-refractivity contribution in [2.24, 2.45) is 0 Å². The largest absolute Gasteiger partial charge is 0.496 e. The number of aliphatic hydroxyl groups excluding tert-OH is 1. The number of ether oxygens (including phenoxy) is 1. The first kappa shape index (κ1) is 16.3. The second kappa shape index (κ2) is 10.1. The third kappa shape index (κ3) is 5.85. The molecule has 19 heavy (non-hydrogen) atoms. The standard InChI is InChI=1S/C15H25NO2S/c1-3-14(16-9-12-19-11-6-10-17)13-7-4-5-8-15(13)18-2/h4-5,7-8,14,16-17H,3,6,9-12H2,1-2H3. The van der Waals surface area contributed by atoms with Crippen molar-refractivity contribution in [3.63, 3.8) is 0 Å². The van der Waals surface area contributed by atoms with Crippen molar-refractivity contribution in [1.29, 1.82) is 0 Å². The molecule has 0 spiro atoms. The minimum atomic E-state index is 0.291. The number of thioether (sulfide) groups is 1. The molecular formula is C15H25NO2S. The zero-order valence-corrected chi connectivity index (χ0v) is 12.7. The molecule has 0 bridgehead atoms. The zero-order chi connectivity index (χ0) is 13.9. The summed E-state index contributed by atoms with van der Waals surface area (Å²) < 4.78 is 5.41. The van der Waals surface area contributed by atoms with Crippen LogP contribution in [0, 0.1) is 0 Å². The maximum absolute atomic E-state index is 8.71. The lowest BCUT2D eigenvalue weighted by molar-refractivity contribution is 0.296. The number of rotatable bonds is 10. The molecule has 0 saturated heterocycles. The van der Waals surface area contributed by atoms with E-state index in [4.69, 9.17) is 9.84 Å². The summed E-state index contributed by atoms with van der Waals surface area (Å²) in [7, 11) is 1.72. The van der Waals surface area contributed by atoms with E-state index in [1.165, 1.54) is 5.56 Å². The van der Waals surface area contributed by atoms with Gasteiger partial charge in [-0.25, -0.2) is 0 Å². The second-order valence-corrected chi connectivity index (χ2v) is 5.57. The second-order valence-electron chi connectivity index (χ2n) is 4.35. The van der Waals surface area contributed by atoms with Crippen LogP contribution in [-0.2, 0) is 0 Å². The summed E-state index contributed by atoms with van der Waals surface area (Å²) in [5, 5.41) is 12.3. The average Bonchev–Trinajstić information content (AvgIpc) is 2.47. The molecule has 1 atom stereocenters. The van der Waals surface area contributed by atoms with E-state index in [2.05, 4.69) is 24.4 Å². The Kier molecular flexibility index (Phi) is 8.71. The van der Waals surface area contributed by atoms with Crippen molar-refractivity contribution in [1.82, 2.24) is 5.32 Å². The molecule has 0 aromatic heterocycles. The third-order valence-corrected chi connectivity index (χ3v) is 4.08. The van der Waals surface area contributed by atoms with Crippen molar-refractivity contribution < 1.29 is 9.84 Å². The first-order chi connectivity index (χ1) is 9.33. The van der Waals surface area contributed by atoms with Crippen LogP contribution in [0.5, 0.6) is 5.75 Å². The van der Waals surface area contributed by atoms with Crippen LogP contribution >= 0.6 is 11.8 Å². The van der Waals surface area contributed by atoms with Crippen molar-refractivity contribution >= 4 is 11.8 Å². The van der Waals surface area contributed by atoms with Crippen molar-refractivity contribution in [3.8, 4) is 5.75 Å². The number of nitrogens with one attached hydrogen (secondary N) is 1. The molecule has 0 radical (unpaired) electrons. The number of methoxy groups -OCH3 is 1. The molecule has 0 amide bonds. The van der Waals surface area contributed by atoms with Gasteiger partial charge in [0.25, 0.3) is 0 Å². The Morgan fingerprint density at radius 3 is 2.79 bits per heavy atom. The Hall–Kier alpha value is -0.710. The van der Waals surface area contributed by atoms with Crippen LogP contribution < -0.4 is 10.1 Å². The molecule has 4 heteroatoms. The molecule has 3 nitrogen and oxygen atoms in total. The number of aliphatic hydroxyl groups is 1. The monoisotopic (exact) mass is 283 g/mol. The first-order valence-electron chi connectivity index (χ1n) is 6.88. The van der Waals surface area contributed by atoms with Crippen LogP contribution in [0.2, 0.25) is 0 Å². The Morgan fingerprint density at radius 1 is 1.32 bits per heavy atom. The third-order valence-electron chi connectivity index (χ3n) is 3.01. The summed E-state index contributed by atoms with van der Waals surface area (Å²) in [6.45, 7) is 3.45. The van der Waals surface area contributed by atoms with Crippen molar-refractivity contribution in [2.75, 3.05) is 31.8 Å². The Balaban J connectivity index is 2.40. The number of hydrogen-bond donors (Lipinski definition) is 2. The van der Waals surface area contributed by atoms with E-state index in [1.54, 1.807) is 7.11 Å². The van der Waals surface area contributed by atoms with E-state index in [9.17, 15) is 0 Å². The first-order valence-corrected chi connectivity index (χ1v) is 8.03. The molecule has 1 aromatic carbocycles. The van der Waals surface area contributed by atoms with E-state index in [1.807, 2.05) is 23.9 Å². The predicted octanol–water partition coefficient (Wildman–Crippen LogP) is 2.85. The minimum Gasteiger partial charge on any atom is -0.496 e. The highest BCUT2D eigenvalue weighted by atomic mass is 32.2. The Morgan fingerprint density at radius 2 is 2.11 bits per heavy atom. The van der Waals surface area contributed by atoms with Gasteiger partial charge in [-0.15, -0.1) is 0 Å². The fraction of sp³-hybridized carbons (Fsp3) is 0.600. The van der Waals surface area contributed by atoms with Gasteiger partial charge in [-0.2, -0.15) is 11.8 Å². The van der Waals surface area contributed by atoms with Crippen LogP contribution in [0.3, 0.4) is 0 Å². The summed E-state index contributed by atoms with van der Waals surface area (Å²) in [6.07, 6.45) is 1.93. The van der Waals surface area contributed by atoms with E-state index in [-0.39, 0.29) is 0 Å². The highest BCUT2D eigenvalue weighted by Crippen LogP contribution is 2.26. The van der Waals surface area contributed by atoms with Gasteiger partial charge >= 0.3 is 0 Å². The highest BCUT2D eigenvalue weighted by Gasteiger charge is 2.12. The van der Waals surface area contributed by atoms with Crippen LogP contribution in [0.15, 0.2) is 24.3 Å². The molecule has 1 unspecified atom stereocenters. The lowest BCUT2D eigenvalue weighted by Gasteiger charge is -2.19. The number of hydrogen-bond acceptors (Lipinski definition) is 4. The van der Waals surface area contributed by atoms with Gasteiger partial charge in [-0.3, -0.25) is 0 Å². The lowest BCUT2D eigenvalue weighted by Crippen LogP contribution is -2.23. The summed E-state index contributed by atoms with van der Waals surface area (Å²) in [4.78, 5) is 0. The Labute approximate surface area is 120 Å². The zero-order valence-electron chi connectivity index (χ0n) is 11.9. The molecule has 0 fully saturated rings. The van der Waals surface area contributed by atoms with Crippen LogP contribution in [0.25, 0.3) is 0 Å². The highest BCUT2D eigenvalue weighted by molar-refractivity contribution is 7.99. The van der Waals surface area contributed by atoms with Gasteiger partial charge in [0.05, 0.1) is 7.11 Å². The van der Waals surface area contributed by atoms with Gasteiger partial charge in [0.2, 0.25) is 0 Å². The van der Waals surface area contributed by atoms with Gasteiger partial charge < -0.3 is 15.2 Å². The molecule has 2 N–H and O–H groups in total. The summed E-state index contributed by atoms with van der Waals surface area (Å²) in [5.74, 6) is 3.06. The van der Waals surface area contributed by atoms with Gasteiger partial charge in [-0.05, 0) is 24.7 Å². The van der Waals surface area contributed by atoms with Crippen LogP contribution in [0.1, 0.15) is 31.4 Å². The number of benzene rings is 1. The molecule has 0 saturated carbocycles. The summed E-state index contributed by atoms with van der Waals surface area (Å²) >= 11 is 1.88. The fourth-order valence-electron chi connectivity index (χ4n) is 2.00. The predicted molar refractivity (Wildman–Crippen MR) is 83.1 cm³/mol. The fourth-order valence-corrected chi connectivity index (χ4v) is 2.80. The van der Waals surface area contributed by atoms with Crippen molar-refractivity contribution in [2.45, 2.75) is 25.8 Å². The SMILES string of the molecule is CCC(NCCSCCCO)c1ccccc1OC. The van der Waals surface area contributed by atoms with Gasteiger partial charge in [-0.1, -0.05) is 25.1 Å². The minimum absolute atomic E-state index is 0.291. The molecule has 0 heterocycles. The van der Waals surface area contributed by atoms with E-state index in [0.717, 1.165) is 36.6 Å². The normalized spacial score (nSPS) is 12.4. The van der Waals surface area contributed by atoms with Crippen molar-refractivity contribution in [3.05, 3.63) is 29.8 Å². The smallest absolute Gasteiger partial charge is 0.123 e. The Bertz CT molecular complexity index is 347. The van der Waals surface area contributed by atoms with Crippen LogP contribution in [0.4, 0.5) is 0 Å². The van der Waals surface area contributed by atoms with E-state index < -0.39 is 0 Å². The van der Waals surface area contributed by atoms with E-state index >= 15 is 0 Å². The maximum atomic E-state index is 8.71. The topological polar surface area (TPSA) is 41.5 Å². The number of para-hydroxylation sites is 1. The lowest BCUT2D eigenvalue weighted by atomic mass is 10.0. The molecular weight excluding hydrogens is 258 g/mol. The maximum Gasteiger partial charge on any atom is 0.123 e. The molecule has 0 aliphatic carbocycles. The average molecular weight is 283 g/mol. The van der Waals surface area contributed by atoms with Gasteiger partial charge in [0.15, 0.2) is 0 Å². The quantitative estimate of drug-likeness (QED) is 0.648. The molecule has 1 rings (SSSR count). The van der Waals surface area contributed by atoms with Gasteiger partial charge in [0, 0.05) is 30.5 Å². The van der Waals surface area contributed by atoms with E-state index in [0.29, 0.717) is 12.6 Å². The summed E-state index contributed by atoms with van der Waals surface area (Å²) in [6, 6.07) is 8.53. The van der Waals surface area contributed by atoms with Crippen LogP contribution in [-0.4, -0.2) is 36.9 Å². The summed E-state index contributed by atoms with van der Waals surface area (Å²) in [5.41, 5.74) is 1.23. The molecule has 0 aliphatic heterocycles. The van der Waals surface area contributed by atoms with Gasteiger partial charge in [0.1, 0.15) is 5.75 Å². The molecule has 1 aromatic rings.